The van der Waals surface area contributed by atoms with E-state index in [1.807, 2.05) is 24.3 Å². The van der Waals surface area contributed by atoms with E-state index in [0.717, 1.165) is 47.0 Å². The third-order valence-corrected chi connectivity index (χ3v) is 9.02. The first-order valence-electron chi connectivity index (χ1n) is 10.4. The lowest BCUT2D eigenvalue weighted by atomic mass is 10.1. The average molecular weight is 460 g/mol. The van der Waals surface area contributed by atoms with E-state index in [2.05, 4.69) is 0 Å². The number of thiazole rings is 1. The van der Waals surface area contributed by atoms with Gasteiger partial charge in [-0.1, -0.05) is 12.1 Å². The van der Waals surface area contributed by atoms with Crippen molar-refractivity contribution in [1.82, 2.24) is 14.2 Å². The zero-order valence-corrected chi connectivity index (χ0v) is 18.5. The van der Waals surface area contributed by atoms with Gasteiger partial charge in [-0.25, -0.2) is 17.8 Å². The minimum atomic E-state index is -3.95. The number of benzene rings is 2. The summed E-state index contributed by atoms with van der Waals surface area (Å²) in [6.45, 7) is 1.32. The topological polar surface area (TPSA) is 70.6 Å². The largest absolute Gasteiger partial charge is 0.329 e. The third-order valence-electron chi connectivity index (χ3n) is 5.97. The molecule has 0 bridgehead atoms. The number of aromatic nitrogens is 1. The van der Waals surface area contributed by atoms with Crippen molar-refractivity contribution in [3.63, 3.8) is 0 Å². The second-order valence-corrected chi connectivity index (χ2v) is 10.9. The fourth-order valence-corrected chi connectivity index (χ4v) is 7.09. The molecule has 2 saturated heterocycles. The Hall–Kier alpha value is -2.36. The molecule has 1 amide bonds. The normalized spacial score (nSPS) is 20.0. The van der Waals surface area contributed by atoms with Crippen LogP contribution < -0.4 is 0 Å². The van der Waals surface area contributed by atoms with Gasteiger partial charge in [0.25, 0.3) is 5.91 Å². The van der Waals surface area contributed by atoms with Gasteiger partial charge >= 0.3 is 0 Å². The number of nitrogens with zero attached hydrogens (tertiary/aromatic N) is 3. The van der Waals surface area contributed by atoms with E-state index in [0.29, 0.717) is 19.6 Å². The highest BCUT2D eigenvalue weighted by molar-refractivity contribution is 7.89. The first-order chi connectivity index (χ1) is 14.9. The van der Waals surface area contributed by atoms with Crippen LogP contribution in [0.25, 0.3) is 10.2 Å². The van der Waals surface area contributed by atoms with E-state index in [9.17, 15) is 17.6 Å². The van der Waals surface area contributed by atoms with E-state index in [1.54, 1.807) is 16.2 Å². The van der Waals surface area contributed by atoms with Crippen LogP contribution >= 0.6 is 11.3 Å². The number of halogens is 1. The Balaban J connectivity index is 1.46. The van der Waals surface area contributed by atoms with Crippen LogP contribution in [0.15, 0.2) is 47.4 Å². The molecule has 0 aliphatic carbocycles. The van der Waals surface area contributed by atoms with E-state index in [-0.39, 0.29) is 17.5 Å². The van der Waals surface area contributed by atoms with Crippen molar-refractivity contribution < 1.29 is 17.6 Å². The van der Waals surface area contributed by atoms with Gasteiger partial charge in [-0.3, -0.25) is 4.79 Å². The predicted molar refractivity (Wildman–Crippen MR) is 117 cm³/mol. The molecule has 0 radical (unpaired) electrons. The second-order valence-electron chi connectivity index (χ2n) is 7.93. The summed E-state index contributed by atoms with van der Waals surface area (Å²) in [5.74, 6) is -1.12. The van der Waals surface area contributed by atoms with Crippen molar-refractivity contribution in [2.24, 2.45) is 0 Å². The van der Waals surface area contributed by atoms with Crippen molar-refractivity contribution in [1.29, 1.82) is 0 Å². The number of amides is 1. The first kappa shape index (κ1) is 20.5. The first-order valence-corrected chi connectivity index (χ1v) is 12.7. The van der Waals surface area contributed by atoms with Gasteiger partial charge < -0.3 is 4.90 Å². The molecule has 2 fully saturated rings. The molecule has 1 aromatic heterocycles. The van der Waals surface area contributed by atoms with Crippen LogP contribution in [0.3, 0.4) is 0 Å². The maximum atomic E-state index is 14.5. The zero-order chi connectivity index (χ0) is 21.6. The lowest BCUT2D eigenvalue weighted by Crippen LogP contribution is -2.31. The van der Waals surface area contributed by atoms with Crippen LogP contribution in [0.4, 0.5) is 4.39 Å². The molecule has 6 nitrogen and oxygen atoms in total. The standard InChI is InChI=1S/C22H22FN3O3S2/c23-16-10-9-15(14-20(16)31(28,29)25-11-3-4-12-25)22(27)26-13-5-7-18(26)21-24-17-6-1-2-8-19(17)30-21/h1-2,6,8-10,14,18H,3-5,7,11-13H2. The molecule has 31 heavy (non-hydrogen) atoms. The quantitative estimate of drug-likeness (QED) is 0.586. The van der Waals surface area contributed by atoms with Crippen LogP contribution in [-0.4, -0.2) is 48.1 Å². The summed E-state index contributed by atoms with van der Waals surface area (Å²) in [6, 6.07) is 11.3. The maximum Gasteiger partial charge on any atom is 0.254 e. The summed E-state index contributed by atoms with van der Waals surface area (Å²) >= 11 is 1.57. The molecule has 0 saturated carbocycles. The molecule has 5 rings (SSSR count). The molecule has 3 heterocycles. The summed E-state index contributed by atoms with van der Waals surface area (Å²) in [5, 5.41) is 0.874. The molecule has 0 spiro atoms. The van der Waals surface area contributed by atoms with Crippen LogP contribution in [-0.2, 0) is 10.0 Å². The molecular formula is C22H22FN3O3S2. The van der Waals surface area contributed by atoms with E-state index in [4.69, 9.17) is 4.98 Å². The Morgan fingerprint density at radius 3 is 2.61 bits per heavy atom. The number of carbonyl (C=O) groups excluding carboxylic acids is 1. The summed E-state index contributed by atoms with van der Waals surface area (Å²) in [7, 11) is -3.95. The molecule has 2 aliphatic heterocycles. The fourth-order valence-electron chi connectivity index (χ4n) is 4.37. The maximum absolute atomic E-state index is 14.5. The van der Waals surface area contributed by atoms with Gasteiger partial charge in [0.15, 0.2) is 0 Å². The number of carbonyl (C=O) groups is 1. The number of fused-ring (bicyclic) bond motifs is 1. The van der Waals surface area contributed by atoms with Gasteiger partial charge in [-0.2, -0.15) is 4.31 Å². The third kappa shape index (κ3) is 3.64. The lowest BCUT2D eigenvalue weighted by Gasteiger charge is -2.24. The molecule has 2 aromatic carbocycles. The number of rotatable bonds is 4. The smallest absolute Gasteiger partial charge is 0.254 e. The fraction of sp³-hybridized carbons (Fsp3) is 0.364. The Morgan fingerprint density at radius 2 is 1.84 bits per heavy atom. The lowest BCUT2D eigenvalue weighted by molar-refractivity contribution is 0.0735. The molecule has 9 heteroatoms. The Labute approximate surface area is 184 Å². The highest BCUT2D eigenvalue weighted by atomic mass is 32.2. The summed E-state index contributed by atoms with van der Waals surface area (Å²) in [6.07, 6.45) is 3.16. The molecule has 0 N–H and O–H groups in total. The van der Waals surface area contributed by atoms with Crippen LogP contribution in [0.5, 0.6) is 0 Å². The Kier molecular flexibility index (Phi) is 5.27. The summed E-state index contributed by atoms with van der Waals surface area (Å²) in [5.41, 5.74) is 1.09. The van der Waals surface area contributed by atoms with E-state index in [1.165, 1.54) is 16.4 Å². The number of likely N-dealkylation sites (tertiary alicyclic amines) is 1. The van der Waals surface area contributed by atoms with Gasteiger partial charge in [-0.15, -0.1) is 11.3 Å². The molecule has 2 aliphatic rings. The highest BCUT2D eigenvalue weighted by Crippen LogP contribution is 2.37. The van der Waals surface area contributed by atoms with Gasteiger partial charge in [0.05, 0.1) is 16.3 Å². The van der Waals surface area contributed by atoms with Gasteiger partial charge in [0.1, 0.15) is 15.7 Å². The summed E-state index contributed by atoms with van der Waals surface area (Å²) < 4.78 is 42.6. The van der Waals surface area contributed by atoms with Crippen molar-refractivity contribution >= 4 is 37.5 Å². The van der Waals surface area contributed by atoms with Crippen molar-refractivity contribution in [2.45, 2.75) is 36.6 Å². The van der Waals surface area contributed by atoms with Crippen molar-refractivity contribution in [2.75, 3.05) is 19.6 Å². The van der Waals surface area contributed by atoms with Crippen LogP contribution in [0.1, 0.15) is 47.1 Å². The minimum absolute atomic E-state index is 0.159. The van der Waals surface area contributed by atoms with Crippen molar-refractivity contribution in [3.8, 4) is 0 Å². The predicted octanol–water partition coefficient (Wildman–Crippen LogP) is 4.20. The monoisotopic (exact) mass is 459 g/mol. The van der Waals surface area contributed by atoms with Gasteiger partial charge in [0, 0.05) is 25.2 Å². The number of hydrogen-bond acceptors (Lipinski definition) is 5. The molecule has 3 aromatic rings. The second kappa shape index (κ2) is 7.96. The van der Waals surface area contributed by atoms with Crippen LogP contribution in [0, 0.1) is 5.82 Å². The SMILES string of the molecule is O=C(c1ccc(F)c(S(=O)(=O)N2CCCC2)c1)N1CCCC1c1nc2ccccc2s1. The van der Waals surface area contributed by atoms with Gasteiger partial charge in [0.2, 0.25) is 10.0 Å². The molecule has 162 valence electrons. The summed E-state index contributed by atoms with van der Waals surface area (Å²) in [4.78, 5) is 19.3. The number of sulfonamides is 1. The van der Waals surface area contributed by atoms with Crippen LogP contribution in [0.2, 0.25) is 0 Å². The van der Waals surface area contributed by atoms with E-state index < -0.39 is 20.7 Å². The highest BCUT2D eigenvalue weighted by Gasteiger charge is 2.35. The Bertz CT molecular complexity index is 1220. The molecule has 1 unspecified atom stereocenters. The minimum Gasteiger partial charge on any atom is -0.329 e. The average Bonchev–Trinajstić information content (AvgIpc) is 3.53. The molecular weight excluding hydrogens is 437 g/mol. The number of hydrogen-bond donors (Lipinski definition) is 0. The Morgan fingerprint density at radius 1 is 1.06 bits per heavy atom. The zero-order valence-electron chi connectivity index (χ0n) is 16.8. The van der Waals surface area contributed by atoms with E-state index >= 15 is 0 Å². The van der Waals surface area contributed by atoms with Gasteiger partial charge in [-0.05, 0) is 56.0 Å². The molecule has 1 atom stereocenters. The van der Waals surface area contributed by atoms with Crippen molar-refractivity contribution in [3.05, 3.63) is 58.9 Å². The number of para-hydroxylation sites is 1.